The third-order valence-corrected chi connectivity index (χ3v) is 4.29. The first-order chi connectivity index (χ1) is 7.00. The Morgan fingerprint density at radius 3 is 2.20 bits per heavy atom. The second kappa shape index (κ2) is 3.61. The Balaban J connectivity index is 2.96. The van der Waals surface area contributed by atoms with Crippen molar-refractivity contribution in [3.63, 3.8) is 0 Å². The Morgan fingerprint density at radius 2 is 1.60 bits per heavy atom. The first-order valence-corrected chi connectivity index (χ1v) is 7.76. The van der Waals surface area contributed by atoms with Crippen molar-refractivity contribution in [2.45, 2.75) is 11.8 Å². The number of fused-ring (bicyclic) bond motifs is 1. The molecule has 0 atom stereocenters. The molecule has 0 N–H and O–H groups in total. The van der Waals surface area contributed by atoms with Crippen LogP contribution in [-0.2, 0) is 8.27 Å². The van der Waals surface area contributed by atoms with Gasteiger partial charge in [-0.15, -0.1) is 0 Å². The van der Waals surface area contributed by atoms with Gasteiger partial charge in [0.2, 0.25) is 8.27 Å². The van der Waals surface area contributed by atoms with Crippen LogP contribution in [0.2, 0.25) is 0 Å². The van der Waals surface area contributed by atoms with E-state index >= 15 is 0 Å². The molecule has 15 heavy (non-hydrogen) atoms. The molecule has 0 unspecified atom stereocenters. The molecule has 78 valence electrons. The van der Waals surface area contributed by atoms with Gasteiger partial charge >= 0.3 is 0 Å². The molecule has 0 aliphatic heterocycles. The SMILES string of the molecule is Cc1ccc(S(=O)(=O)Br)c2ccccc12. The smallest absolute Gasteiger partial charge is 0.212 e. The minimum Gasteiger partial charge on any atom is -0.212 e. The van der Waals surface area contributed by atoms with Crippen LogP contribution in [-0.4, -0.2) is 8.42 Å². The van der Waals surface area contributed by atoms with Crippen LogP contribution >= 0.6 is 14.8 Å². The summed E-state index contributed by atoms with van der Waals surface area (Å²) < 4.78 is 22.9. The van der Waals surface area contributed by atoms with Crippen molar-refractivity contribution in [1.29, 1.82) is 0 Å². The summed E-state index contributed by atoms with van der Waals surface area (Å²) in [6.45, 7) is 1.97. The first-order valence-electron chi connectivity index (χ1n) is 4.43. The van der Waals surface area contributed by atoms with Crippen molar-refractivity contribution in [1.82, 2.24) is 0 Å². The Labute approximate surface area is 96.0 Å². The molecule has 0 saturated carbocycles. The number of halogens is 1. The summed E-state index contributed by atoms with van der Waals surface area (Å²) in [5.41, 5.74) is 1.07. The molecule has 0 saturated heterocycles. The van der Waals surface area contributed by atoms with Gasteiger partial charge in [-0.05, 0) is 23.9 Å². The lowest BCUT2D eigenvalue weighted by atomic mass is 10.1. The molecule has 2 rings (SSSR count). The van der Waals surface area contributed by atoms with E-state index in [-0.39, 0.29) is 0 Å². The predicted molar refractivity (Wildman–Crippen MR) is 64.8 cm³/mol. The van der Waals surface area contributed by atoms with E-state index < -0.39 is 8.27 Å². The molecule has 0 spiro atoms. The third-order valence-electron chi connectivity index (χ3n) is 2.36. The summed E-state index contributed by atoms with van der Waals surface area (Å²) >= 11 is 2.70. The summed E-state index contributed by atoms with van der Waals surface area (Å²) in [6, 6.07) is 10.9. The van der Waals surface area contributed by atoms with E-state index in [4.69, 9.17) is 0 Å². The van der Waals surface area contributed by atoms with Crippen molar-refractivity contribution in [3.8, 4) is 0 Å². The molecule has 0 amide bonds. The molecule has 0 aliphatic carbocycles. The normalized spacial score (nSPS) is 11.9. The number of benzene rings is 2. The highest BCUT2D eigenvalue weighted by Gasteiger charge is 2.13. The molecule has 0 radical (unpaired) electrons. The summed E-state index contributed by atoms with van der Waals surface area (Å²) in [5.74, 6) is 0. The average molecular weight is 285 g/mol. The highest BCUT2D eigenvalue weighted by atomic mass is 79.9. The van der Waals surface area contributed by atoms with Crippen LogP contribution in [0, 0.1) is 6.92 Å². The van der Waals surface area contributed by atoms with Gasteiger partial charge in [-0.1, -0.05) is 30.3 Å². The van der Waals surface area contributed by atoms with E-state index in [0.717, 1.165) is 16.3 Å². The molecule has 0 aromatic heterocycles. The maximum atomic E-state index is 11.5. The number of aryl methyl sites for hydroxylation is 1. The Hall–Kier alpha value is -0.870. The van der Waals surface area contributed by atoms with Crippen molar-refractivity contribution in [2.24, 2.45) is 0 Å². The van der Waals surface area contributed by atoms with Gasteiger partial charge in [0.25, 0.3) is 0 Å². The molecule has 2 aromatic rings. The summed E-state index contributed by atoms with van der Waals surface area (Å²) in [5, 5.41) is 1.73. The van der Waals surface area contributed by atoms with E-state index in [1.807, 2.05) is 37.3 Å². The van der Waals surface area contributed by atoms with E-state index in [2.05, 4.69) is 14.8 Å². The lowest BCUT2D eigenvalue weighted by molar-refractivity contribution is 0.612. The van der Waals surface area contributed by atoms with E-state index in [0.29, 0.717) is 4.90 Å². The van der Waals surface area contributed by atoms with E-state index in [9.17, 15) is 8.42 Å². The Bertz CT molecular complexity index is 618. The van der Waals surface area contributed by atoms with Gasteiger partial charge < -0.3 is 0 Å². The fraction of sp³-hybridized carbons (Fsp3) is 0.0909. The highest BCUT2D eigenvalue weighted by molar-refractivity contribution is 9.47. The summed E-state index contributed by atoms with van der Waals surface area (Å²) in [6.07, 6.45) is 0. The van der Waals surface area contributed by atoms with Crippen LogP contribution in [0.3, 0.4) is 0 Å². The molecule has 2 nitrogen and oxygen atoms in total. The molecule has 4 heteroatoms. The summed E-state index contributed by atoms with van der Waals surface area (Å²) in [4.78, 5) is 0.323. The van der Waals surface area contributed by atoms with Gasteiger partial charge in [-0.2, -0.15) is 0 Å². The zero-order chi connectivity index (χ0) is 11.1. The molecular weight excluding hydrogens is 276 g/mol. The molecule has 2 aromatic carbocycles. The van der Waals surface area contributed by atoms with Gasteiger partial charge in [-0.3, -0.25) is 0 Å². The second-order valence-corrected chi connectivity index (χ2v) is 7.24. The largest absolute Gasteiger partial charge is 0.238 e. The van der Waals surface area contributed by atoms with Crippen molar-refractivity contribution < 1.29 is 8.42 Å². The zero-order valence-electron chi connectivity index (χ0n) is 8.07. The Kier molecular flexibility index (Phi) is 2.56. The lowest BCUT2D eigenvalue weighted by Gasteiger charge is -2.05. The molecule has 0 aliphatic rings. The number of rotatable bonds is 1. The number of hydrogen-bond donors (Lipinski definition) is 0. The second-order valence-electron chi connectivity index (χ2n) is 3.36. The third kappa shape index (κ3) is 1.92. The van der Waals surface area contributed by atoms with Crippen LogP contribution in [0.5, 0.6) is 0 Å². The van der Waals surface area contributed by atoms with Gasteiger partial charge in [0.1, 0.15) is 0 Å². The molecule has 0 heterocycles. The van der Waals surface area contributed by atoms with Gasteiger partial charge in [0.15, 0.2) is 0 Å². The van der Waals surface area contributed by atoms with Crippen LogP contribution in [0.4, 0.5) is 0 Å². The van der Waals surface area contributed by atoms with Gasteiger partial charge in [-0.25, -0.2) is 8.42 Å². The molecule has 0 bridgehead atoms. The predicted octanol–water partition coefficient (Wildman–Crippen LogP) is 3.23. The quantitative estimate of drug-likeness (QED) is 0.754. The molecule has 0 fully saturated rings. The fourth-order valence-electron chi connectivity index (χ4n) is 1.63. The van der Waals surface area contributed by atoms with Gasteiger partial charge in [0, 0.05) is 5.39 Å². The summed E-state index contributed by atoms with van der Waals surface area (Å²) in [7, 11) is -3.33. The van der Waals surface area contributed by atoms with Crippen molar-refractivity contribution >= 4 is 33.9 Å². The van der Waals surface area contributed by atoms with Crippen LogP contribution in [0.15, 0.2) is 41.3 Å². The van der Waals surface area contributed by atoms with Crippen LogP contribution < -0.4 is 0 Å². The Morgan fingerprint density at radius 1 is 1.00 bits per heavy atom. The van der Waals surface area contributed by atoms with E-state index in [1.165, 1.54) is 0 Å². The zero-order valence-corrected chi connectivity index (χ0v) is 10.5. The minimum absolute atomic E-state index is 0.323. The lowest BCUT2D eigenvalue weighted by Crippen LogP contribution is -1.92. The van der Waals surface area contributed by atoms with Crippen molar-refractivity contribution in [2.75, 3.05) is 0 Å². The standard InChI is InChI=1S/C11H9BrO2S/c1-8-6-7-11(15(12,13)14)10-5-3-2-4-9(8)10/h2-7H,1H3. The first kappa shape index (κ1) is 10.6. The van der Waals surface area contributed by atoms with Crippen LogP contribution in [0.25, 0.3) is 10.8 Å². The van der Waals surface area contributed by atoms with Gasteiger partial charge in [0.05, 0.1) is 19.7 Å². The highest BCUT2D eigenvalue weighted by Crippen LogP contribution is 2.28. The maximum Gasteiger partial charge on any atom is 0.238 e. The maximum absolute atomic E-state index is 11.5. The number of hydrogen-bond acceptors (Lipinski definition) is 2. The van der Waals surface area contributed by atoms with E-state index in [1.54, 1.807) is 6.07 Å². The van der Waals surface area contributed by atoms with Crippen molar-refractivity contribution in [3.05, 3.63) is 42.0 Å². The minimum atomic E-state index is -3.33. The fourth-order valence-corrected chi connectivity index (χ4v) is 3.15. The average Bonchev–Trinajstić information content (AvgIpc) is 2.17. The van der Waals surface area contributed by atoms with Crippen LogP contribution in [0.1, 0.15) is 5.56 Å². The molecular formula is C11H9BrO2S. The monoisotopic (exact) mass is 284 g/mol. The topological polar surface area (TPSA) is 34.1 Å².